The van der Waals surface area contributed by atoms with Crippen LogP contribution < -0.4 is 15.4 Å². The smallest absolute Gasteiger partial charge is 0.249 e. The van der Waals surface area contributed by atoms with Crippen molar-refractivity contribution in [3.8, 4) is 17.3 Å². The first kappa shape index (κ1) is 30.2. The molecule has 11 nitrogen and oxygen atoms in total. The highest BCUT2D eigenvalue weighted by molar-refractivity contribution is 5.90. The number of hydrogen-bond donors (Lipinski definition) is 4. The van der Waals surface area contributed by atoms with E-state index in [2.05, 4.69) is 15.6 Å². The molecule has 5 atom stereocenters. The van der Waals surface area contributed by atoms with Gasteiger partial charge in [0.05, 0.1) is 6.61 Å². The first-order chi connectivity index (χ1) is 21.9. The lowest BCUT2D eigenvalue weighted by Crippen LogP contribution is -2.41. The summed E-state index contributed by atoms with van der Waals surface area (Å²) in [6, 6.07) is 13.0. The summed E-state index contributed by atoms with van der Waals surface area (Å²) in [6.45, 7) is 8.97. The van der Waals surface area contributed by atoms with E-state index in [1.54, 1.807) is 20.8 Å². The second kappa shape index (κ2) is 10.8. The number of nitrogens with one attached hydrogen (secondary N) is 2. The molecule has 2 aromatic carbocycles. The summed E-state index contributed by atoms with van der Waals surface area (Å²) < 4.78 is 19.2. The van der Waals surface area contributed by atoms with Gasteiger partial charge in [-0.3, -0.25) is 9.59 Å². The number of rotatable bonds is 6. The van der Waals surface area contributed by atoms with Crippen molar-refractivity contribution in [3.05, 3.63) is 82.8 Å². The monoisotopic (exact) mass is 626 g/mol. The normalized spacial score (nSPS) is 23.8. The van der Waals surface area contributed by atoms with Crippen LogP contribution in [0, 0.1) is 17.3 Å². The van der Waals surface area contributed by atoms with Gasteiger partial charge in [-0.1, -0.05) is 65.0 Å². The molecule has 0 radical (unpaired) electrons. The summed E-state index contributed by atoms with van der Waals surface area (Å²) in [7, 11) is 0. The predicted octanol–water partition coefficient (Wildman–Crippen LogP) is 4.65. The molecule has 2 aromatic heterocycles. The molecule has 4 aromatic rings. The minimum atomic E-state index is -1.22. The molecule has 46 heavy (non-hydrogen) atoms. The van der Waals surface area contributed by atoms with Gasteiger partial charge in [0.25, 0.3) is 0 Å². The molecule has 0 saturated carbocycles. The summed E-state index contributed by atoms with van der Waals surface area (Å²) in [5, 5.41) is 27.2. The highest BCUT2D eigenvalue weighted by atomic mass is 16.5. The van der Waals surface area contributed by atoms with Gasteiger partial charge in [-0.25, -0.2) is 9.97 Å². The Balaban J connectivity index is 1.47. The van der Waals surface area contributed by atoms with E-state index in [1.165, 1.54) is 6.26 Å². The van der Waals surface area contributed by atoms with Gasteiger partial charge >= 0.3 is 0 Å². The minimum absolute atomic E-state index is 0.136. The first-order valence-corrected chi connectivity index (χ1v) is 15.7. The van der Waals surface area contributed by atoms with E-state index in [4.69, 9.17) is 18.6 Å². The molecule has 4 bridgehead atoms. The fraction of sp³-hybridized carbons (Fsp3) is 0.429. The number of carbonyl (C=O) groups excluding carboxylic acids is 2. The molecule has 4 N–H and O–H groups in total. The third kappa shape index (κ3) is 4.63. The Morgan fingerprint density at radius 3 is 2.61 bits per heavy atom. The molecule has 1 amide bonds. The van der Waals surface area contributed by atoms with Crippen LogP contribution in [0.1, 0.15) is 81.1 Å². The fourth-order valence-corrected chi connectivity index (χ4v) is 6.89. The second-order valence-electron chi connectivity index (χ2n) is 13.9. The van der Waals surface area contributed by atoms with E-state index in [0.29, 0.717) is 22.9 Å². The fourth-order valence-electron chi connectivity index (χ4n) is 6.89. The summed E-state index contributed by atoms with van der Waals surface area (Å²) >= 11 is 0. The van der Waals surface area contributed by atoms with Gasteiger partial charge in [-0.2, -0.15) is 0 Å². The second-order valence-corrected chi connectivity index (χ2v) is 13.9. The van der Waals surface area contributed by atoms with Gasteiger partial charge in [0.2, 0.25) is 17.7 Å². The van der Waals surface area contributed by atoms with Crippen molar-refractivity contribution in [1.29, 1.82) is 0 Å². The number of amides is 1. The molecule has 3 aliphatic rings. The summed E-state index contributed by atoms with van der Waals surface area (Å²) in [5.41, 5.74) is 2.40. The summed E-state index contributed by atoms with van der Waals surface area (Å²) in [5.74, 6) is -0.159. The molecule has 7 rings (SSSR count). The maximum Gasteiger partial charge on any atom is 0.249 e. The van der Waals surface area contributed by atoms with Crippen LogP contribution in [0.5, 0.6) is 5.75 Å². The van der Waals surface area contributed by atoms with Crippen molar-refractivity contribution in [3.63, 3.8) is 0 Å². The third-order valence-electron chi connectivity index (χ3n) is 9.32. The lowest BCUT2D eigenvalue weighted by atomic mass is 9.72. The van der Waals surface area contributed by atoms with Crippen molar-refractivity contribution in [2.45, 2.75) is 77.9 Å². The topological polar surface area (TPSA) is 160 Å². The van der Waals surface area contributed by atoms with Gasteiger partial charge in [-0.05, 0) is 41.0 Å². The molecule has 11 heteroatoms. The Hall–Kier alpha value is -4.48. The Kier molecular flexibility index (Phi) is 7.09. The Labute approximate surface area is 266 Å². The zero-order valence-electron chi connectivity index (χ0n) is 26.5. The van der Waals surface area contributed by atoms with Crippen LogP contribution in [-0.4, -0.2) is 44.2 Å². The van der Waals surface area contributed by atoms with Crippen LogP contribution in [0.25, 0.3) is 11.6 Å². The average Bonchev–Trinajstić information content (AvgIpc) is 3.78. The average molecular weight is 627 g/mol. The first-order valence-electron chi connectivity index (χ1n) is 15.7. The van der Waals surface area contributed by atoms with E-state index in [9.17, 15) is 19.8 Å². The van der Waals surface area contributed by atoms with E-state index < -0.39 is 35.1 Å². The van der Waals surface area contributed by atoms with Crippen molar-refractivity contribution >= 4 is 17.4 Å². The van der Waals surface area contributed by atoms with E-state index in [0.717, 1.165) is 22.4 Å². The molecule has 0 saturated heterocycles. The van der Waals surface area contributed by atoms with E-state index in [-0.39, 0.29) is 48.8 Å². The van der Waals surface area contributed by atoms with Gasteiger partial charge in [0.15, 0.2) is 23.5 Å². The van der Waals surface area contributed by atoms with Crippen molar-refractivity contribution in [2.75, 3.05) is 5.32 Å². The van der Waals surface area contributed by atoms with Crippen molar-refractivity contribution < 1.29 is 33.4 Å². The van der Waals surface area contributed by atoms with Crippen LogP contribution >= 0.6 is 0 Å². The molecular formula is C35H38N4O7. The van der Waals surface area contributed by atoms with Gasteiger partial charge in [0.1, 0.15) is 35.3 Å². The Bertz CT molecular complexity index is 1840. The number of benzene rings is 2. The zero-order valence-corrected chi connectivity index (χ0v) is 26.5. The van der Waals surface area contributed by atoms with E-state index in [1.807, 2.05) is 56.3 Å². The Morgan fingerprint density at radius 2 is 1.89 bits per heavy atom. The number of anilines is 1. The zero-order chi connectivity index (χ0) is 32.5. The maximum atomic E-state index is 14.0. The van der Waals surface area contributed by atoms with Crippen LogP contribution in [0.4, 0.5) is 5.69 Å². The van der Waals surface area contributed by atoms with Crippen LogP contribution in [-0.2, 0) is 28.0 Å². The minimum Gasteiger partial charge on any atom is -0.469 e. The summed E-state index contributed by atoms with van der Waals surface area (Å²) in [6.07, 6.45) is -0.312. The number of Topliss-reactive ketones (excluding diaryl/α,β-unsaturated/α-hetero) is 1. The molecule has 240 valence electrons. The van der Waals surface area contributed by atoms with Crippen molar-refractivity contribution in [1.82, 2.24) is 15.3 Å². The number of fused-ring (bicyclic) bond motifs is 4. The number of aromatic nitrogens is 2. The molecule has 0 aliphatic carbocycles. The SMILES string of the molecule is CC(C)[C@@H]1NC(=O)C(CC(=O)[C@@H](O)C(C)(C)C)Cc2ccc3c(c2)[C@@]2(c4ccccc4NC2O3)c2oc1nc2-c1nc(CO)co1. The lowest BCUT2D eigenvalue weighted by molar-refractivity contribution is -0.137. The van der Waals surface area contributed by atoms with Crippen molar-refractivity contribution in [2.24, 2.45) is 17.3 Å². The molecular weight excluding hydrogens is 588 g/mol. The molecule has 1 spiro atoms. The molecule has 0 fully saturated rings. The largest absolute Gasteiger partial charge is 0.469 e. The number of aliphatic hydroxyl groups is 2. The standard InChI is InChI=1S/C35H38N4O7/c1-17(2)26-32-39-27(31-36-20(15-40)16-44-31)29(46-32)35-21-8-6-7-9-23(21)37-33(35)45-25-11-10-18(13-22(25)35)12-19(30(43)38-26)14-24(41)28(42)34(3,4)5/h6-11,13,16-17,19,26,28,33,37,40,42H,12,14-15H2,1-5H3,(H,38,43)/t19?,26-,28+,33?,35-/m0/s1. The van der Waals surface area contributed by atoms with Crippen LogP contribution in [0.2, 0.25) is 0 Å². The lowest BCUT2D eigenvalue weighted by Gasteiger charge is -2.29. The predicted molar refractivity (Wildman–Crippen MR) is 167 cm³/mol. The van der Waals surface area contributed by atoms with Crippen LogP contribution in [0.3, 0.4) is 0 Å². The van der Waals surface area contributed by atoms with Crippen LogP contribution in [0.15, 0.2) is 57.6 Å². The quantitative estimate of drug-likeness (QED) is 0.237. The number of aliphatic hydroxyl groups excluding tert-OH is 2. The third-order valence-corrected chi connectivity index (χ3v) is 9.32. The maximum absolute atomic E-state index is 14.0. The number of oxazole rings is 2. The number of para-hydroxylation sites is 1. The highest BCUT2D eigenvalue weighted by Crippen LogP contribution is 2.59. The van der Waals surface area contributed by atoms with Gasteiger partial charge in [-0.15, -0.1) is 0 Å². The molecule has 5 heterocycles. The summed E-state index contributed by atoms with van der Waals surface area (Å²) in [4.78, 5) is 36.8. The Morgan fingerprint density at radius 1 is 1.11 bits per heavy atom. The van der Waals surface area contributed by atoms with Gasteiger partial charge in [0, 0.05) is 23.6 Å². The number of nitrogens with zero attached hydrogens (tertiary/aromatic N) is 2. The number of ketones is 1. The number of carbonyl (C=O) groups is 2. The molecule has 3 aliphatic heterocycles. The van der Waals surface area contributed by atoms with E-state index >= 15 is 0 Å². The van der Waals surface area contributed by atoms with Gasteiger partial charge < -0.3 is 34.4 Å². The number of ether oxygens (including phenoxy) is 1. The highest BCUT2D eigenvalue weighted by Gasteiger charge is 2.61. The molecule has 2 unspecified atom stereocenters. The number of hydrogen-bond acceptors (Lipinski definition) is 10.